The van der Waals surface area contributed by atoms with E-state index in [1.807, 2.05) is 0 Å². The van der Waals surface area contributed by atoms with Crippen molar-refractivity contribution in [2.45, 2.75) is 20.0 Å². The van der Waals surface area contributed by atoms with Crippen LogP contribution in [0.4, 0.5) is 0 Å². The van der Waals surface area contributed by atoms with E-state index in [2.05, 4.69) is 0 Å². The molecule has 5 nitrogen and oxygen atoms in total. The number of ether oxygens (including phenoxy) is 2. The van der Waals surface area contributed by atoms with Crippen molar-refractivity contribution in [2.24, 2.45) is 5.41 Å². The van der Waals surface area contributed by atoms with Gasteiger partial charge in [-0.2, -0.15) is 0 Å². The molecule has 98 valence electrons. The van der Waals surface area contributed by atoms with Crippen LogP contribution in [-0.2, 0) is 4.79 Å². The molecule has 0 aromatic heterocycles. The van der Waals surface area contributed by atoms with Crippen LogP contribution in [0, 0.1) is 5.41 Å². The maximum absolute atomic E-state index is 11.1. The fourth-order valence-electron chi connectivity index (χ4n) is 1.68. The number of hydrogen-bond donors (Lipinski definition) is 2. The topological polar surface area (TPSA) is 76.0 Å². The third-order valence-corrected chi connectivity index (χ3v) is 3.28. The van der Waals surface area contributed by atoms with Crippen LogP contribution in [0.25, 0.3) is 0 Å². The highest BCUT2D eigenvalue weighted by molar-refractivity contribution is 6.32. The van der Waals surface area contributed by atoms with Gasteiger partial charge in [-0.05, 0) is 31.5 Å². The molecule has 6 heteroatoms. The SMILES string of the molecule is CC(C)(C(=O)O)C(O)c1cc(Cl)c2c(c1)OCO2. The number of aliphatic carboxylic acids is 1. The van der Waals surface area contributed by atoms with E-state index in [1.54, 1.807) is 6.07 Å². The van der Waals surface area contributed by atoms with E-state index in [9.17, 15) is 9.90 Å². The number of aliphatic hydroxyl groups excluding tert-OH is 1. The molecule has 2 rings (SSSR count). The molecule has 0 aliphatic carbocycles. The fourth-order valence-corrected chi connectivity index (χ4v) is 1.95. The molecule has 0 amide bonds. The van der Waals surface area contributed by atoms with E-state index in [0.717, 1.165) is 0 Å². The summed E-state index contributed by atoms with van der Waals surface area (Å²) in [7, 11) is 0. The predicted molar refractivity (Wildman–Crippen MR) is 64.0 cm³/mol. The Balaban J connectivity index is 2.41. The molecule has 18 heavy (non-hydrogen) atoms. The van der Waals surface area contributed by atoms with E-state index < -0.39 is 17.5 Å². The summed E-state index contributed by atoms with van der Waals surface area (Å²) in [5, 5.41) is 19.5. The van der Waals surface area contributed by atoms with Crippen molar-refractivity contribution in [1.82, 2.24) is 0 Å². The van der Waals surface area contributed by atoms with Crippen LogP contribution in [-0.4, -0.2) is 23.0 Å². The molecule has 1 unspecified atom stereocenters. The van der Waals surface area contributed by atoms with E-state index in [-0.39, 0.29) is 6.79 Å². The number of fused-ring (bicyclic) bond motifs is 1. The Hall–Kier alpha value is -1.46. The summed E-state index contributed by atoms with van der Waals surface area (Å²) >= 11 is 5.98. The molecule has 1 aliphatic rings. The summed E-state index contributed by atoms with van der Waals surface area (Å²) in [4.78, 5) is 11.1. The number of rotatable bonds is 3. The highest BCUT2D eigenvalue weighted by Gasteiger charge is 2.37. The van der Waals surface area contributed by atoms with Crippen LogP contribution in [0.15, 0.2) is 12.1 Å². The van der Waals surface area contributed by atoms with E-state index in [4.69, 9.17) is 26.2 Å². The summed E-state index contributed by atoms with van der Waals surface area (Å²) in [5.74, 6) is -0.262. The van der Waals surface area contributed by atoms with Gasteiger partial charge in [0.25, 0.3) is 0 Å². The first-order chi connectivity index (χ1) is 8.34. The van der Waals surface area contributed by atoms with Crippen LogP contribution in [0.5, 0.6) is 11.5 Å². The van der Waals surface area contributed by atoms with Gasteiger partial charge in [0.15, 0.2) is 11.5 Å². The van der Waals surface area contributed by atoms with Crippen LogP contribution in [0.2, 0.25) is 5.02 Å². The first kappa shape index (κ1) is 13.0. The van der Waals surface area contributed by atoms with Crippen molar-refractivity contribution in [3.05, 3.63) is 22.7 Å². The van der Waals surface area contributed by atoms with Gasteiger partial charge in [0, 0.05) is 0 Å². The zero-order chi connectivity index (χ0) is 13.5. The Kier molecular flexibility index (Phi) is 3.12. The summed E-state index contributed by atoms with van der Waals surface area (Å²) in [6.07, 6.45) is -1.19. The van der Waals surface area contributed by atoms with Crippen LogP contribution in [0.3, 0.4) is 0 Å². The van der Waals surface area contributed by atoms with Gasteiger partial charge in [0.2, 0.25) is 6.79 Å². The second-order valence-electron chi connectivity index (χ2n) is 4.67. The summed E-state index contributed by atoms with van der Waals surface area (Å²) in [5.41, 5.74) is -0.937. The van der Waals surface area contributed by atoms with Crippen molar-refractivity contribution >= 4 is 17.6 Å². The Morgan fingerprint density at radius 2 is 2.11 bits per heavy atom. The van der Waals surface area contributed by atoms with Crippen LogP contribution < -0.4 is 9.47 Å². The van der Waals surface area contributed by atoms with Crippen molar-refractivity contribution in [1.29, 1.82) is 0 Å². The molecule has 0 fully saturated rings. The molecule has 1 atom stereocenters. The Bertz CT molecular complexity index is 497. The Labute approximate surface area is 109 Å². The molecule has 0 spiro atoms. The Morgan fingerprint density at radius 3 is 2.72 bits per heavy atom. The number of carboxylic acids is 1. The number of carboxylic acid groups (broad SMARTS) is 1. The molecular formula is C12H13ClO5. The lowest BCUT2D eigenvalue weighted by molar-refractivity contribution is -0.153. The highest BCUT2D eigenvalue weighted by Crippen LogP contribution is 2.43. The summed E-state index contributed by atoms with van der Waals surface area (Å²) < 4.78 is 10.3. The quantitative estimate of drug-likeness (QED) is 0.882. The molecule has 1 aromatic carbocycles. The zero-order valence-electron chi connectivity index (χ0n) is 9.94. The minimum atomic E-state index is -1.32. The fraction of sp³-hybridized carbons (Fsp3) is 0.417. The van der Waals surface area contributed by atoms with Gasteiger partial charge in [0.05, 0.1) is 16.5 Å². The molecule has 2 N–H and O–H groups in total. The molecule has 0 saturated heterocycles. The first-order valence-electron chi connectivity index (χ1n) is 5.34. The molecule has 1 aromatic rings. The van der Waals surface area contributed by atoms with Gasteiger partial charge in [-0.25, -0.2) is 0 Å². The lowest BCUT2D eigenvalue weighted by atomic mass is 9.82. The summed E-state index contributed by atoms with van der Waals surface area (Å²) in [6.45, 7) is 2.95. The third kappa shape index (κ3) is 2.00. The van der Waals surface area contributed by atoms with Crippen molar-refractivity contribution in [2.75, 3.05) is 6.79 Å². The standard InChI is InChI=1S/C12H13ClO5/c1-12(2,11(15)16)10(14)6-3-7(13)9-8(4-6)17-5-18-9/h3-4,10,14H,5H2,1-2H3,(H,15,16). The van der Waals surface area contributed by atoms with E-state index >= 15 is 0 Å². The Morgan fingerprint density at radius 1 is 1.44 bits per heavy atom. The minimum Gasteiger partial charge on any atom is -0.481 e. The second-order valence-corrected chi connectivity index (χ2v) is 5.07. The molecule has 1 heterocycles. The highest BCUT2D eigenvalue weighted by atomic mass is 35.5. The number of benzene rings is 1. The maximum atomic E-state index is 11.1. The zero-order valence-corrected chi connectivity index (χ0v) is 10.7. The number of halogens is 1. The molecule has 1 aliphatic heterocycles. The van der Waals surface area contributed by atoms with Gasteiger partial charge < -0.3 is 19.7 Å². The van der Waals surface area contributed by atoms with Crippen molar-refractivity contribution in [3.63, 3.8) is 0 Å². The smallest absolute Gasteiger partial charge is 0.312 e. The average Bonchev–Trinajstić information content (AvgIpc) is 2.76. The molecule has 0 bridgehead atoms. The third-order valence-electron chi connectivity index (χ3n) is 3.00. The number of carbonyl (C=O) groups is 1. The normalized spacial score (nSPS) is 15.6. The second kappa shape index (κ2) is 4.33. The van der Waals surface area contributed by atoms with Crippen molar-refractivity contribution < 1.29 is 24.5 Å². The largest absolute Gasteiger partial charge is 0.481 e. The summed E-state index contributed by atoms with van der Waals surface area (Å²) in [6, 6.07) is 3.04. The predicted octanol–water partition coefficient (Wildman–Crippen LogP) is 2.21. The lowest BCUT2D eigenvalue weighted by Crippen LogP contribution is -2.31. The lowest BCUT2D eigenvalue weighted by Gasteiger charge is -2.26. The van der Waals surface area contributed by atoms with Gasteiger partial charge in [-0.1, -0.05) is 11.6 Å². The maximum Gasteiger partial charge on any atom is 0.312 e. The average molecular weight is 273 g/mol. The number of aliphatic hydroxyl groups is 1. The molecule has 0 saturated carbocycles. The van der Waals surface area contributed by atoms with E-state index in [1.165, 1.54) is 19.9 Å². The van der Waals surface area contributed by atoms with Gasteiger partial charge in [-0.15, -0.1) is 0 Å². The minimum absolute atomic E-state index is 0.0664. The van der Waals surface area contributed by atoms with Crippen molar-refractivity contribution in [3.8, 4) is 11.5 Å². The van der Waals surface area contributed by atoms with Gasteiger partial charge >= 0.3 is 5.97 Å². The van der Waals surface area contributed by atoms with Gasteiger partial charge in [0.1, 0.15) is 0 Å². The van der Waals surface area contributed by atoms with Crippen LogP contribution in [0.1, 0.15) is 25.5 Å². The number of hydrogen-bond acceptors (Lipinski definition) is 4. The van der Waals surface area contributed by atoms with E-state index in [0.29, 0.717) is 22.1 Å². The van der Waals surface area contributed by atoms with Gasteiger partial charge in [-0.3, -0.25) is 4.79 Å². The first-order valence-corrected chi connectivity index (χ1v) is 5.72. The van der Waals surface area contributed by atoms with Crippen LogP contribution >= 0.6 is 11.6 Å². The monoisotopic (exact) mass is 272 g/mol. The molecular weight excluding hydrogens is 260 g/mol. The molecule has 0 radical (unpaired) electrons.